The summed E-state index contributed by atoms with van der Waals surface area (Å²) in [5.74, 6) is -0.296. The van der Waals surface area contributed by atoms with Crippen LogP contribution in [0.15, 0.2) is 35.4 Å². The van der Waals surface area contributed by atoms with Gasteiger partial charge in [0.2, 0.25) is 5.95 Å². The third-order valence-electron chi connectivity index (χ3n) is 5.74. The Morgan fingerprint density at radius 3 is 2.47 bits per heavy atom. The summed E-state index contributed by atoms with van der Waals surface area (Å²) in [6.07, 6.45) is -7.09. The van der Waals surface area contributed by atoms with E-state index in [2.05, 4.69) is 32.6 Å². The average molecular weight is 672 g/mol. The maximum atomic E-state index is 12.3. The van der Waals surface area contributed by atoms with Gasteiger partial charge in [0.05, 0.1) is 29.5 Å². The highest BCUT2D eigenvalue weighted by molar-refractivity contribution is 7.66. The molecule has 0 bridgehead atoms. The number of anilines is 1. The fourth-order valence-electron chi connectivity index (χ4n) is 3.97. The van der Waals surface area contributed by atoms with Gasteiger partial charge in [-0.05, 0) is 13.0 Å². The number of hydrogen-bond acceptors (Lipinski definition) is 16. The fraction of sp³-hybridized carbons (Fsp3) is 0.389. The lowest BCUT2D eigenvalue weighted by molar-refractivity contribution is -0.386. The highest BCUT2D eigenvalue weighted by Gasteiger charge is 2.47. The van der Waals surface area contributed by atoms with E-state index in [1.807, 2.05) is 0 Å². The molecule has 236 valence electrons. The normalized spacial score (nSPS) is 25.5. The minimum Gasteiger partial charge on any atom is -0.387 e. The number of nitrogens with two attached hydrogens (primary N) is 1. The zero-order chi connectivity index (χ0) is 31.9. The van der Waals surface area contributed by atoms with Crippen LogP contribution in [0.3, 0.4) is 0 Å². The van der Waals surface area contributed by atoms with Crippen molar-refractivity contribution in [3.05, 3.63) is 56.6 Å². The van der Waals surface area contributed by atoms with Crippen molar-refractivity contribution >= 4 is 46.3 Å². The lowest BCUT2D eigenvalue weighted by Gasteiger charge is -2.21. The van der Waals surface area contributed by atoms with Crippen molar-refractivity contribution in [1.29, 1.82) is 0 Å². The Bertz CT molecular complexity index is 1730. The molecule has 1 aliphatic rings. The molecule has 0 spiro atoms. The molecule has 25 heteroatoms. The number of aromatic nitrogens is 4. The van der Waals surface area contributed by atoms with Gasteiger partial charge in [0.25, 0.3) is 11.2 Å². The smallest absolute Gasteiger partial charge is 0.387 e. The van der Waals surface area contributed by atoms with Gasteiger partial charge < -0.3 is 35.4 Å². The molecule has 3 aromatic rings. The second-order valence-corrected chi connectivity index (χ2v) is 13.3. The number of benzene rings is 1. The molecule has 22 nitrogen and oxygen atoms in total. The number of hydrogen-bond donors (Lipinski definition) is 7. The third kappa shape index (κ3) is 7.59. The molecule has 0 amide bonds. The van der Waals surface area contributed by atoms with E-state index in [4.69, 9.17) is 10.5 Å². The number of imidazole rings is 1. The van der Waals surface area contributed by atoms with E-state index in [-0.39, 0.29) is 22.7 Å². The van der Waals surface area contributed by atoms with E-state index in [0.717, 1.165) is 23.9 Å². The molecule has 1 saturated heterocycles. The number of aromatic amines is 1. The number of nitrogens with one attached hydrogen (secondary N) is 1. The molecule has 8 atom stereocenters. The quantitative estimate of drug-likeness (QED) is 0.0775. The molecule has 43 heavy (non-hydrogen) atoms. The van der Waals surface area contributed by atoms with Crippen molar-refractivity contribution in [2.45, 2.75) is 37.6 Å². The second kappa shape index (κ2) is 12.2. The summed E-state index contributed by atoms with van der Waals surface area (Å²) in [6, 6.07) is 4.90. The van der Waals surface area contributed by atoms with Crippen LogP contribution in [-0.2, 0) is 36.1 Å². The summed E-state index contributed by atoms with van der Waals surface area (Å²) >= 11 is 0. The van der Waals surface area contributed by atoms with Crippen molar-refractivity contribution in [3.8, 4) is 0 Å². The summed E-state index contributed by atoms with van der Waals surface area (Å²) < 4.78 is 60.6. The van der Waals surface area contributed by atoms with E-state index in [9.17, 15) is 53.5 Å². The van der Waals surface area contributed by atoms with Gasteiger partial charge in [-0.3, -0.25) is 33.5 Å². The number of aliphatic hydroxyl groups is 2. The van der Waals surface area contributed by atoms with Crippen LogP contribution in [0.5, 0.6) is 0 Å². The molecule has 0 radical (unpaired) electrons. The Morgan fingerprint density at radius 1 is 1.14 bits per heavy atom. The molecule has 2 aromatic heterocycles. The van der Waals surface area contributed by atoms with E-state index in [1.54, 1.807) is 0 Å². The van der Waals surface area contributed by atoms with E-state index < -0.39 is 76.9 Å². The number of rotatable bonds is 12. The van der Waals surface area contributed by atoms with Crippen molar-refractivity contribution in [2.24, 2.45) is 0 Å². The number of phosphoric ester groups is 2. The van der Waals surface area contributed by atoms with Gasteiger partial charge in [0.15, 0.2) is 17.4 Å². The van der Waals surface area contributed by atoms with Crippen molar-refractivity contribution < 1.29 is 65.9 Å². The molecule has 1 aromatic carbocycles. The molecule has 0 aliphatic carbocycles. The molecular formula is C18H23N6O16P3. The van der Waals surface area contributed by atoms with Crippen molar-refractivity contribution in [2.75, 3.05) is 12.3 Å². The number of aliphatic hydroxyl groups excluding tert-OH is 2. The lowest BCUT2D eigenvalue weighted by atomic mass is 10.1. The highest BCUT2D eigenvalue weighted by Crippen LogP contribution is 2.68. The van der Waals surface area contributed by atoms with Crippen LogP contribution in [0.4, 0.5) is 11.6 Å². The zero-order valence-electron chi connectivity index (χ0n) is 21.4. The standard InChI is InChI=1S/C18H23N6O16P3/c1-8(9-4-2-3-5-10(9)24(28)29)38-42(32,33)40-43(34,35)39-41(30,31)36-6-11-13(25)14(26)17(37-11)23-7-20-12-15(23)21-18(19)22-16(12)27/h2-5,7-8,11,13-14,17,25-26H,6H2,1H3,(H,30,31)(H,32,33)(H,34,35)(H3,19,21,22,27)/t8-,11-,13-,14-,17-/m1/s1. The minimum atomic E-state index is -5.92. The van der Waals surface area contributed by atoms with Crippen molar-refractivity contribution in [3.63, 3.8) is 0 Å². The maximum absolute atomic E-state index is 12.3. The summed E-state index contributed by atoms with van der Waals surface area (Å²) in [7, 11) is -17.1. The number of para-hydroxylation sites is 1. The van der Waals surface area contributed by atoms with Gasteiger partial charge in [0, 0.05) is 6.07 Å². The summed E-state index contributed by atoms with van der Waals surface area (Å²) in [6.45, 7) is 0.0231. The molecule has 1 fully saturated rings. The number of nitro benzene ring substituents is 1. The van der Waals surface area contributed by atoms with Gasteiger partial charge in [0.1, 0.15) is 18.3 Å². The maximum Gasteiger partial charge on any atom is 0.490 e. The topological polar surface area (TPSA) is 331 Å². The zero-order valence-corrected chi connectivity index (χ0v) is 24.1. The predicted octanol–water partition coefficient (Wildman–Crippen LogP) is 0.358. The molecule has 4 rings (SSSR count). The Kier molecular flexibility index (Phi) is 9.36. The third-order valence-corrected chi connectivity index (χ3v) is 10.1. The summed E-state index contributed by atoms with van der Waals surface area (Å²) in [5.41, 5.74) is 3.77. The highest BCUT2D eigenvalue weighted by atomic mass is 31.3. The Balaban J connectivity index is 1.39. The van der Waals surface area contributed by atoms with Gasteiger partial charge >= 0.3 is 23.5 Å². The molecule has 8 N–H and O–H groups in total. The second-order valence-electron chi connectivity index (χ2n) is 8.75. The molecule has 0 saturated carbocycles. The number of ether oxygens (including phenoxy) is 1. The summed E-state index contributed by atoms with van der Waals surface area (Å²) in [5, 5.41) is 32.0. The van der Waals surface area contributed by atoms with Gasteiger partial charge in [-0.1, -0.05) is 12.1 Å². The minimum absolute atomic E-state index is 0.138. The molecule has 3 heterocycles. The molecule has 1 aliphatic heterocycles. The van der Waals surface area contributed by atoms with Crippen LogP contribution in [0, 0.1) is 10.1 Å². The number of phosphoric acid groups is 3. The Hall–Kier alpha value is -2.94. The van der Waals surface area contributed by atoms with Gasteiger partial charge in [-0.15, -0.1) is 0 Å². The average Bonchev–Trinajstić information content (AvgIpc) is 3.41. The van der Waals surface area contributed by atoms with Crippen LogP contribution in [0.1, 0.15) is 24.8 Å². The first-order chi connectivity index (χ1) is 19.9. The number of nitrogens with zero attached hydrogens (tertiary/aromatic N) is 4. The SMILES string of the molecule is C[C@@H](OP(=O)(O)OP(=O)(O)OP(=O)(O)OC[C@H]1O[C@@H](n2cnc3c(=O)[nH]c(N)nc32)[C@H](O)[C@@H]1O)c1ccccc1[N+](=O)[O-]. The Morgan fingerprint density at radius 2 is 1.79 bits per heavy atom. The lowest BCUT2D eigenvalue weighted by Crippen LogP contribution is -2.33. The molecule has 3 unspecified atom stereocenters. The van der Waals surface area contributed by atoms with Crippen LogP contribution >= 0.6 is 23.5 Å². The van der Waals surface area contributed by atoms with Crippen LogP contribution in [0.25, 0.3) is 11.2 Å². The van der Waals surface area contributed by atoms with E-state index in [0.29, 0.717) is 0 Å². The fourth-order valence-corrected chi connectivity index (χ4v) is 7.63. The van der Waals surface area contributed by atoms with E-state index in [1.165, 1.54) is 18.2 Å². The van der Waals surface area contributed by atoms with Crippen LogP contribution in [-0.4, -0.2) is 74.3 Å². The largest absolute Gasteiger partial charge is 0.490 e. The van der Waals surface area contributed by atoms with Crippen LogP contribution < -0.4 is 11.3 Å². The first-order valence-electron chi connectivity index (χ1n) is 11.6. The Labute approximate surface area is 238 Å². The summed E-state index contributed by atoms with van der Waals surface area (Å²) in [4.78, 5) is 61.9. The number of nitrogen functional groups attached to an aromatic ring is 1. The van der Waals surface area contributed by atoms with Gasteiger partial charge in [-0.25, -0.2) is 18.7 Å². The number of fused-ring (bicyclic) bond motifs is 1. The van der Waals surface area contributed by atoms with Crippen molar-refractivity contribution in [1.82, 2.24) is 19.5 Å². The monoisotopic (exact) mass is 672 g/mol. The van der Waals surface area contributed by atoms with Gasteiger partial charge in [-0.2, -0.15) is 13.6 Å². The predicted molar refractivity (Wildman–Crippen MR) is 139 cm³/mol. The first-order valence-corrected chi connectivity index (χ1v) is 16.1. The molecular weight excluding hydrogens is 649 g/mol. The number of H-pyrrole nitrogens is 1. The first kappa shape index (κ1) is 33.0. The van der Waals surface area contributed by atoms with Crippen LogP contribution in [0.2, 0.25) is 0 Å². The van der Waals surface area contributed by atoms with E-state index >= 15 is 0 Å². The number of nitro groups is 1.